The number of benzene rings is 6. The standard InChI is InChI=1S/C44H30N3OP/c48-49(35-17-9-3-10-18-35,36-19-11-4-12-20-36)37-24-21-31(22-25-37)34-23-26-38-40(29-34)45-43(33-15-7-2-8-16-33)39-27-28-47-30-41(46-44(47)42(38)39)32-13-5-1-6-14-32/h1-30H. The summed E-state index contributed by atoms with van der Waals surface area (Å²) in [6, 6.07) is 57.0. The molecule has 9 aromatic rings. The van der Waals surface area contributed by atoms with Crippen LogP contribution in [-0.2, 0) is 4.57 Å². The van der Waals surface area contributed by atoms with Crippen molar-refractivity contribution in [2.45, 2.75) is 0 Å². The number of rotatable bonds is 6. The molecule has 0 amide bonds. The summed E-state index contributed by atoms with van der Waals surface area (Å²) in [6.45, 7) is 0. The Bertz CT molecular complexity index is 2610. The molecule has 0 radical (unpaired) electrons. The molecule has 9 rings (SSSR count). The van der Waals surface area contributed by atoms with Gasteiger partial charge in [0.25, 0.3) is 0 Å². The highest BCUT2D eigenvalue weighted by atomic mass is 31.2. The van der Waals surface area contributed by atoms with Gasteiger partial charge in [-0.3, -0.25) is 0 Å². The summed E-state index contributed by atoms with van der Waals surface area (Å²) >= 11 is 0. The van der Waals surface area contributed by atoms with Gasteiger partial charge < -0.3 is 8.97 Å². The Kier molecular flexibility index (Phi) is 7.04. The number of aromatic nitrogens is 3. The summed E-state index contributed by atoms with van der Waals surface area (Å²) in [5.74, 6) is 0. The first-order valence-electron chi connectivity index (χ1n) is 16.4. The van der Waals surface area contributed by atoms with E-state index in [2.05, 4.69) is 89.6 Å². The number of pyridine rings is 2. The summed E-state index contributed by atoms with van der Waals surface area (Å²) in [4.78, 5) is 10.5. The van der Waals surface area contributed by atoms with E-state index in [0.717, 1.165) is 76.9 Å². The summed E-state index contributed by atoms with van der Waals surface area (Å²) in [5, 5.41) is 5.63. The van der Waals surface area contributed by atoms with Crippen LogP contribution < -0.4 is 15.9 Å². The molecule has 0 saturated carbocycles. The second kappa shape index (κ2) is 11.9. The second-order valence-corrected chi connectivity index (χ2v) is 15.0. The van der Waals surface area contributed by atoms with Crippen molar-refractivity contribution in [3.05, 3.63) is 182 Å². The molecular weight excluding hydrogens is 617 g/mol. The van der Waals surface area contributed by atoms with E-state index in [1.54, 1.807) is 0 Å². The minimum absolute atomic E-state index is 0.806. The average molecular weight is 648 g/mol. The van der Waals surface area contributed by atoms with Gasteiger partial charge in [0.15, 0.2) is 7.14 Å². The zero-order chi connectivity index (χ0) is 32.8. The van der Waals surface area contributed by atoms with E-state index in [9.17, 15) is 4.57 Å². The molecule has 0 spiro atoms. The van der Waals surface area contributed by atoms with E-state index >= 15 is 0 Å². The van der Waals surface area contributed by atoms with E-state index in [1.807, 2.05) is 97.1 Å². The quantitative estimate of drug-likeness (QED) is 0.133. The van der Waals surface area contributed by atoms with Gasteiger partial charge in [0.2, 0.25) is 0 Å². The van der Waals surface area contributed by atoms with Crippen LogP contribution in [0.15, 0.2) is 182 Å². The average Bonchev–Trinajstić information content (AvgIpc) is 3.63. The van der Waals surface area contributed by atoms with Crippen LogP contribution in [-0.4, -0.2) is 14.4 Å². The molecule has 0 unspecified atom stereocenters. The van der Waals surface area contributed by atoms with Crippen LogP contribution in [0.2, 0.25) is 0 Å². The number of imidazole rings is 1. The van der Waals surface area contributed by atoms with E-state index in [4.69, 9.17) is 9.97 Å². The SMILES string of the molecule is O=P(c1ccccc1)(c1ccccc1)c1ccc(-c2ccc3c(c2)nc(-c2ccccc2)c2ccn4cc(-c5ccccc5)nc4c23)cc1. The molecule has 0 N–H and O–H groups in total. The Labute approximate surface area is 284 Å². The van der Waals surface area contributed by atoms with Crippen LogP contribution >= 0.6 is 7.14 Å². The predicted molar refractivity (Wildman–Crippen MR) is 204 cm³/mol. The van der Waals surface area contributed by atoms with Crippen LogP contribution in [0.3, 0.4) is 0 Å². The first kappa shape index (κ1) is 29.1. The fourth-order valence-corrected chi connectivity index (χ4v) is 9.51. The molecule has 3 aromatic heterocycles. The lowest BCUT2D eigenvalue weighted by atomic mass is 9.98. The highest BCUT2D eigenvalue weighted by Gasteiger charge is 2.29. The Morgan fingerprint density at radius 1 is 0.469 bits per heavy atom. The Balaban J connectivity index is 1.21. The van der Waals surface area contributed by atoms with E-state index < -0.39 is 7.14 Å². The maximum Gasteiger partial charge on any atom is 0.171 e. The van der Waals surface area contributed by atoms with Crippen molar-refractivity contribution in [3.63, 3.8) is 0 Å². The Hall–Kier alpha value is -6.09. The molecule has 4 nitrogen and oxygen atoms in total. The van der Waals surface area contributed by atoms with Crippen molar-refractivity contribution in [1.82, 2.24) is 14.4 Å². The van der Waals surface area contributed by atoms with Crippen LogP contribution in [0, 0.1) is 0 Å². The largest absolute Gasteiger partial charge is 0.309 e. The first-order chi connectivity index (χ1) is 24.2. The lowest BCUT2D eigenvalue weighted by molar-refractivity contribution is 0.592. The van der Waals surface area contributed by atoms with Gasteiger partial charge in [0.05, 0.1) is 16.9 Å². The predicted octanol–water partition coefficient (Wildman–Crippen LogP) is 9.68. The van der Waals surface area contributed by atoms with Gasteiger partial charge in [-0.2, -0.15) is 0 Å². The molecule has 49 heavy (non-hydrogen) atoms. The van der Waals surface area contributed by atoms with Crippen LogP contribution in [0.5, 0.6) is 0 Å². The third kappa shape index (κ3) is 4.97. The van der Waals surface area contributed by atoms with Crippen molar-refractivity contribution in [3.8, 4) is 33.6 Å². The maximum absolute atomic E-state index is 14.9. The molecule has 0 aliphatic carbocycles. The smallest absolute Gasteiger partial charge is 0.171 e. The molecule has 0 aliphatic heterocycles. The van der Waals surface area contributed by atoms with Gasteiger partial charge >= 0.3 is 0 Å². The third-order valence-electron chi connectivity index (χ3n) is 9.30. The zero-order valence-electron chi connectivity index (χ0n) is 26.5. The van der Waals surface area contributed by atoms with Gasteiger partial charge in [0, 0.05) is 55.6 Å². The number of fused-ring (bicyclic) bond motifs is 5. The normalized spacial score (nSPS) is 11.8. The van der Waals surface area contributed by atoms with Gasteiger partial charge in [-0.05, 0) is 23.3 Å². The molecule has 6 aromatic carbocycles. The lowest BCUT2D eigenvalue weighted by Crippen LogP contribution is -2.24. The minimum Gasteiger partial charge on any atom is -0.309 e. The maximum atomic E-state index is 14.9. The Morgan fingerprint density at radius 3 is 1.65 bits per heavy atom. The topological polar surface area (TPSA) is 47.3 Å². The van der Waals surface area contributed by atoms with Crippen molar-refractivity contribution in [2.24, 2.45) is 0 Å². The summed E-state index contributed by atoms with van der Waals surface area (Å²) in [5.41, 5.74) is 7.86. The molecular formula is C44H30N3OP. The third-order valence-corrected chi connectivity index (χ3v) is 12.4. The van der Waals surface area contributed by atoms with Crippen molar-refractivity contribution >= 4 is 50.4 Å². The monoisotopic (exact) mass is 647 g/mol. The van der Waals surface area contributed by atoms with Crippen LogP contribution in [0.4, 0.5) is 0 Å². The van der Waals surface area contributed by atoms with Gasteiger partial charge in [0.1, 0.15) is 5.65 Å². The summed E-state index contributed by atoms with van der Waals surface area (Å²) in [6.07, 6.45) is 4.18. The highest BCUT2D eigenvalue weighted by Crippen LogP contribution is 2.43. The molecule has 0 aliphatic rings. The van der Waals surface area contributed by atoms with Crippen molar-refractivity contribution in [2.75, 3.05) is 0 Å². The number of nitrogens with zero attached hydrogens (tertiary/aromatic N) is 3. The zero-order valence-corrected chi connectivity index (χ0v) is 27.4. The van der Waals surface area contributed by atoms with Crippen molar-refractivity contribution in [1.29, 1.82) is 0 Å². The van der Waals surface area contributed by atoms with E-state index in [-0.39, 0.29) is 0 Å². The molecule has 232 valence electrons. The number of hydrogen-bond acceptors (Lipinski definition) is 3. The summed E-state index contributed by atoms with van der Waals surface area (Å²) in [7, 11) is -3.06. The lowest BCUT2D eigenvalue weighted by Gasteiger charge is -2.20. The number of hydrogen-bond donors (Lipinski definition) is 0. The van der Waals surface area contributed by atoms with Gasteiger partial charge in [-0.15, -0.1) is 0 Å². The molecule has 0 atom stereocenters. The minimum atomic E-state index is -3.06. The van der Waals surface area contributed by atoms with E-state index in [0.29, 0.717) is 0 Å². The fourth-order valence-electron chi connectivity index (χ4n) is 6.86. The highest BCUT2D eigenvalue weighted by molar-refractivity contribution is 7.85. The molecule has 0 bridgehead atoms. The summed E-state index contributed by atoms with van der Waals surface area (Å²) < 4.78 is 17.0. The molecule has 0 fully saturated rings. The van der Waals surface area contributed by atoms with Crippen molar-refractivity contribution < 1.29 is 4.57 Å². The second-order valence-electron chi connectivity index (χ2n) is 12.2. The van der Waals surface area contributed by atoms with Crippen LogP contribution in [0.1, 0.15) is 0 Å². The molecule has 5 heteroatoms. The Morgan fingerprint density at radius 2 is 1.02 bits per heavy atom. The van der Waals surface area contributed by atoms with Gasteiger partial charge in [-0.25, -0.2) is 9.97 Å². The van der Waals surface area contributed by atoms with Crippen LogP contribution in [0.25, 0.3) is 61.0 Å². The molecule has 3 heterocycles. The molecule has 0 saturated heterocycles. The van der Waals surface area contributed by atoms with Gasteiger partial charge in [-0.1, -0.05) is 158 Å². The van der Waals surface area contributed by atoms with E-state index in [1.165, 1.54) is 0 Å². The first-order valence-corrected chi connectivity index (χ1v) is 18.1. The fraction of sp³-hybridized carbons (Fsp3) is 0.